The molecular weight excluding hydrogens is 258 g/mol. The predicted octanol–water partition coefficient (Wildman–Crippen LogP) is 3.56. The molecule has 0 spiro atoms. The molecule has 2 rings (SSSR count). The van der Waals surface area contributed by atoms with Crippen molar-refractivity contribution in [3.8, 4) is 5.75 Å². The number of ether oxygens (including phenoxy) is 1. The average Bonchev–Trinajstić information content (AvgIpc) is 2.92. The lowest BCUT2D eigenvalue weighted by atomic mass is 10.3. The number of furan rings is 1. The van der Waals surface area contributed by atoms with E-state index in [1.54, 1.807) is 13.4 Å². The number of para-hydroxylation sites is 1. The van der Waals surface area contributed by atoms with Crippen LogP contribution in [0.2, 0.25) is 0 Å². The third-order valence-electron chi connectivity index (χ3n) is 2.71. The number of hydrogen-bond donors (Lipinski definition) is 1. The van der Waals surface area contributed by atoms with Gasteiger partial charge in [0.1, 0.15) is 11.5 Å². The van der Waals surface area contributed by atoms with Crippen molar-refractivity contribution < 1.29 is 9.15 Å². The maximum atomic E-state index is 5.35. The maximum absolute atomic E-state index is 5.35. The Kier molecular flexibility index (Phi) is 5.36. The fourth-order valence-electron chi connectivity index (χ4n) is 1.79. The summed E-state index contributed by atoms with van der Waals surface area (Å²) in [5, 5.41) is 3.85. The van der Waals surface area contributed by atoms with Crippen LogP contribution in [0, 0.1) is 0 Å². The van der Waals surface area contributed by atoms with Crippen LogP contribution in [0.5, 0.6) is 5.75 Å². The van der Waals surface area contributed by atoms with E-state index in [2.05, 4.69) is 18.3 Å². The second-order valence-corrected chi connectivity index (χ2v) is 5.77. The summed E-state index contributed by atoms with van der Waals surface area (Å²) in [7, 11) is 1.71. The van der Waals surface area contributed by atoms with Crippen molar-refractivity contribution in [3.63, 3.8) is 0 Å². The van der Waals surface area contributed by atoms with Crippen LogP contribution in [0.25, 0.3) is 0 Å². The summed E-state index contributed by atoms with van der Waals surface area (Å²) in [5.41, 5.74) is 0. The fraction of sp³-hybridized carbons (Fsp3) is 0.333. The maximum Gasteiger partial charge on any atom is 0.132 e. The molecule has 0 fully saturated rings. The molecule has 0 radical (unpaired) electrons. The van der Waals surface area contributed by atoms with Gasteiger partial charge in [0.15, 0.2) is 0 Å². The molecule has 0 saturated heterocycles. The van der Waals surface area contributed by atoms with Crippen molar-refractivity contribution in [1.29, 1.82) is 0 Å². The summed E-state index contributed by atoms with van der Waals surface area (Å²) in [6.45, 7) is 3.89. The van der Waals surface area contributed by atoms with Gasteiger partial charge in [-0.1, -0.05) is 19.1 Å². The van der Waals surface area contributed by atoms with Gasteiger partial charge in [0.05, 0.1) is 19.9 Å². The molecule has 1 unspecified atom stereocenters. The summed E-state index contributed by atoms with van der Waals surface area (Å²) in [4.78, 5) is 1.18. The first kappa shape index (κ1) is 14.0. The Morgan fingerprint density at radius 2 is 2.11 bits per heavy atom. The standard InChI is InChI=1S/C15H19NO2S/c1-12(10-16-11-13-6-5-9-18-13)19-15-8-4-3-7-14(15)17-2/h3-9,12,16H,10-11H2,1-2H3. The van der Waals surface area contributed by atoms with Crippen LogP contribution in [-0.2, 0) is 6.54 Å². The Hall–Kier alpha value is -1.39. The van der Waals surface area contributed by atoms with E-state index in [-0.39, 0.29) is 0 Å². The number of benzene rings is 1. The van der Waals surface area contributed by atoms with Crippen molar-refractivity contribution in [1.82, 2.24) is 5.32 Å². The van der Waals surface area contributed by atoms with Gasteiger partial charge in [0.25, 0.3) is 0 Å². The monoisotopic (exact) mass is 277 g/mol. The van der Waals surface area contributed by atoms with Crippen LogP contribution in [0.15, 0.2) is 52.0 Å². The third-order valence-corrected chi connectivity index (χ3v) is 3.87. The third kappa shape index (κ3) is 4.33. The summed E-state index contributed by atoms with van der Waals surface area (Å²) < 4.78 is 10.6. The molecule has 1 N–H and O–H groups in total. The van der Waals surface area contributed by atoms with Gasteiger partial charge in [-0.2, -0.15) is 0 Å². The minimum absolute atomic E-state index is 0.464. The van der Waals surface area contributed by atoms with Gasteiger partial charge in [-0.15, -0.1) is 11.8 Å². The zero-order chi connectivity index (χ0) is 13.5. The van der Waals surface area contributed by atoms with Crippen molar-refractivity contribution in [2.45, 2.75) is 23.6 Å². The predicted molar refractivity (Wildman–Crippen MR) is 78.7 cm³/mol. The fourth-order valence-corrected chi connectivity index (χ4v) is 2.85. The van der Waals surface area contributed by atoms with Gasteiger partial charge in [-0.3, -0.25) is 0 Å². The van der Waals surface area contributed by atoms with Crippen LogP contribution in [0.1, 0.15) is 12.7 Å². The molecule has 102 valence electrons. The summed E-state index contributed by atoms with van der Waals surface area (Å²) in [6.07, 6.45) is 1.70. The largest absolute Gasteiger partial charge is 0.496 e. The molecule has 0 aliphatic rings. The first-order valence-corrected chi connectivity index (χ1v) is 7.20. The van der Waals surface area contributed by atoms with Crippen LogP contribution >= 0.6 is 11.8 Å². The average molecular weight is 277 g/mol. The molecule has 0 aliphatic heterocycles. The molecule has 3 nitrogen and oxygen atoms in total. The summed E-state index contributed by atoms with van der Waals surface area (Å²) in [6, 6.07) is 12.0. The van der Waals surface area contributed by atoms with Crippen LogP contribution in [0.3, 0.4) is 0 Å². The van der Waals surface area contributed by atoms with Gasteiger partial charge in [-0.05, 0) is 24.3 Å². The Bertz CT molecular complexity index is 485. The lowest BCUT2D eigenvalue weighted by molar-refractivity contribution is 0.404. The highest BCUT2D eigenvalue weighted by Gasteiger charge is 2.08. The first-order valence-electron chi connectivity index (χ1n) is 6.32. The smallest absolute Gasteiger partial charge is 0.132 e. The molecule has 1 atom stereocenters. The van der Waals surface area contributed by atoms with E-state index in [0.717, 1.165) is 24.6 Å². The van der Waals surface area contributed by atoms with E-state index >= 15 is 0 Å². The van der Waals surface area contributed by atoms with E-state index in [1.165, 1.54) is 4.90 Å². The van der Waals surface area contributed by atoms with Crippen molar-refractivity contribution in [3.05, 3.63) is 48.4 Å². The lowest BCUT2D eigenvalue weighted by Gasteiger charge is -2.14. The summed E-state index contributed by atoms with van der Waals surface area (Å²) in [5.74, 6) is 1.90. The second kappa shape index (κ2) is 7.26. The highest BCUT2D eigenvalue weighted by atomic mass is 32.2. The van der Waals surface area contributed by atoms with E-state index in [4.69, 9.17) is 9.15 Å². The first-order chi connectivity index (χ1) is 9.29. The number of rotatable bonds is 7. The topological polar surface area (TPSA) is 34.4 Å². The molecule has 2 aromatic rings. The highest BCUT2D eigenvalue weighted by molar-refractivity contribution is 8.00. The van der Waals surface area contributed by atoms with Crippen molar-refractivity contribution in [2.75, 3.05) is 13.7 Å². The van der Waals surface area contributed by atoms with E-state index in [1.807, 2.05) is 42.1 Å². The molecule has 0 bridgehead atoms. The van der Waals surface area contributed by atoms with Crippen LogP contribution in [0.4, 0.5) is 0 Å². The molecule has 0 aliphatic carbocycles. The number of nitrogens with one attached hydrogen (secondary N) is 1. The van der Waals surface area contributed by atoms with E-state index in [9.17, 15) is 0 Å². The van der Waals surface area contributed by atoms with Crippen molar-refractivity contribution >= 4 is 11.8 Å². The SMILES string of the molecule is COc1ccccc1SC(C)CNCc1ccco1. The quantitative estimate of drug-likeness (QED) is 0.785. The van der Waals surface area contributed by atoms with Gasteiger partial charge in [0.2, 0.25) is 0 Å². The Morgan fingerprint density at radius 3 is 2.84 bits per heavy atom. The van der Waals surface area contributed by atoms with Gasteiger partial charge in [0, 0.05) is 16.7 Å². The van der Waals surface area contributed by atoms with Gasteiger partial charge in [-0.25, -0.2) is 0 Å². The molecule has 0 saturated carbocycles. The van der Waals surface area contributed by atoms with E-state index in [0.29, 0.717) is 5.25 Å². The Balaban J connectivity index is 1.79. The number of thioether (sulfide) groups is 1. The minimum Gasteiger partial charge on any atom is -0.496 e. The Labute approximate surface area is 118 Å². The van der Waals surface area contributed by atoms with Gasteiger partial charge >= 0.3 is 0 Å². The van der Waals surface area contributed by atoms with Crippen LogP contribution < -0.4 is 10.1 Å². The zero-order valence-corrected chi connectivity index (χ0v) is 12.1. The zero-order valence-electron chi connectivity index (χ0n) is 11.3. The molecule has 0 amide bonds. The van der Waals surface area contributed by atoms with Crippen LogP contribution in [-0.4, -0.2) is 18.9 Å². The lowest BCUT2D eigenvalue weighted by Crippen LogP contribution is -2.22. The molecule has 19 heavy (non-hydrogen) atoms. The Morgan fingerprint density at radius 1 is 1.26 bits per heavy atom. The van der Waals surface area contributed by atoms with Gasteiger partial charge < -0.3 is 14.5 Å². The molecular formula is C15H19NO2S. The molecule has 1 aromatic carbocycles. The number of hydrogen-bond acceptors (Lipinski definition) is 4. The molecule has 1 heterocycles. The summed E-state index contributed by atoms with van der Waals surface area (Å²) >= 11 is 1.81. The van der Waals surface area contributed by atoms with E-state index < -0.39 is 0 Å². The van der Waals surface area contributed by atoms with Crippen molar-refractivity contribution in [2.24, 2.45) is 0 Å². The molecule has 4 heteroatoms. The second-order valence-electron chi connectivity index (χ2n) is 4.29. The molecule has 1 aromatic heterocycles. The minimum atomic E-state index is 0.464. The highest BCUT2D eigenvalue weighted by Crippen LogP contribution is 2.31. The normalized spacial score (nSPS) is 12.3. The number of methoxy groups -OCH3 is 1.